The van der Waals surface area contributed by atoms with E-state index in [1.54, 1.807) is 0 Å². The van der Waals surface area contributed by atoms with Gasteiger partial charge in [-0.05, 0) is 50.8 Å². The Balaban J connectivity index is 1.87. The molecule has 0 spiro atoms. The second-order valence-electron chi connectivity index (χ2n) is 5.56. The summed E-state index contributed by atoms with van der Waals surface area (Å²) in [5.74, 6) is 0.917. The van der Waals surface area contributed by atoms with Crippen LogP contribution < -0.4 is 5.32 Å². The first kappa shape index (κ1) is 13.3. The molecule has 4 nitrogen and oxygen atoms in total. The fraction of sp³-hybridized carbons (Fsp3) is 0.500. The molecule has 106 valence electrons. The van der Waals surface area contributed by atoms with Gasteiger partial charge in [-0.25, -0.2) is 9.67 Å². The molecule has 2 aromatic heterocycles. The average molecular weight is 270 g/mol. The van der Waals surface area contributed by atoms with Crippen molar-refractivity contribution in [1.29, 1.82) is 0 Å². The van der Waals surface area contributed by atoms with Gasteiger partial charge in [-0.1, -0.05) is 13.0 Å². The number of hydrogen-bond donors (Lipinski definition) is 1. The van der Waals surface area contributed by atoms with Crippen molar-refractivity contribution in [3.8, 4) is 5.82 Å². The van der Waals surface area contributed by atoms with Gasteiger partial charge in [-0.3, -0.25) is 0 Å². The van der Waals surface area contributed by atoms with Crippen LogP contribution in [0.3, 0.4) is 0 Å². The molecule has 0 radical (unpaired) electrons. The van der Waals surface area contributed by atoms with Crippen LogP contribution in [0.15, 0.2) is 18.2 Å². The summed E-state index contributed by atoms with van der Waals surface area (Å²) in [7, 11) is 0. The van der Waals surface area contributed by atoms with E-state index in [1.807, 2.05) is 10.7 Å². The summed E-state index contributed by atoms with van der Waals surface area (Å²) < 4.78 is 1.97. The zero-order valence-corrected chi connectivity index (χ0v) is 12.5. The Bertz CT molecular complexity index is 611. The Morgan fingerprint density at radius 1 is 1.30 bits per heavy atom. The third-order valence-electron chi connectivity index (χ3n) is 3.95. The monoisotopic (exact) mass is 270 g/mol. The summed E-state index contributed by atoms with van der Waals surface area (Å²) in [5, 5.41) is 8.14. The van der Waals surface area contributed by atoms with Gasteiger partial charge in [0, 0.05) is 18.3 Å². The van der Waals surface area contributed by atoms with Crippen LogP contribution in [0.1, 0.15) is 42.4 Å². The van der Waals surface area contributed by atoms with Gasteiger partial charge in [-0.15, -0.1) is 0 Å². The van der Waals surface area contributed by atoms with Crippen LogP contribution in [-0.2, 0) is 13.0 Å². The van der Waals surface area contributed by atoms with E-state index in [1.165, 1.54) is 24.1 Å². The number of nitrogens with zero attached hydrogens (tertiary/aromatic N) is 3. The molecule has 2 heterocycles. The highest BCUT2D eigenvalue weighted by molar-refractivity contribution is 5.33. The van der Waals surface area contributed by atoms with E-state index in [4.69, 9.17) is 4.98 Å². The molecule has 1 fully saturated rings. The standard InChI is InChI=1S/C16H22N4/c1-4-15-11(2)19-20(12(15)3)16-7-5-6-14(18-16)10-17-13-8-9-13/h5-7,13,17H,4,8-10H2,1-3H3. The second-order valence-corrected chi connectivity index (χ2v) is 5.56. The van der Waals surface area contributed by atoms with Crippen LogP contribution in [0.5, 0.6) is 0 Å². The van der Waals surface area contributed by atoms with Gasteiger partial charge in [0.15, 0.2) is 5.82 Å². The summed E-state index contributed by atoms with van der Waals surface area (Å²) in [5.41, 5.74) is 4.71. The second kappa shape index (κ2) is 5.37. The minimum absolute atomic E-state index is 0.709. The Morgan fingerprint density at radius 3 is 2.75 bits per heavy atom. The van der Waals surface area contributed by atoms with Crippen molar-refractivity contribution >= 4 is 0 Å². The molecule has 1 N–H and O–H groups in total. The molecule has 2 aromatic rings. The maximum absolute atomic E-state index is 4.73. The van der Waals surface area contributed by atoms with E-state index in [-0.39, 0.29) is 0 Å². The Morgan fingerprint density at radius 2 is 2.10 bits per heavy atom. The Kier molecular flexibility index (Phi) is 3.57. The van der Waals surface area contributed by atoms with Gasteiger partial charge in [-0.2, -0.15) is 5.10 Å². The van der Waals surface area contributed by atoms with E-state index in [0.717, 1.165) is 30.2 Å². The largest absolute Gasteiger partial charge is 0.308 e. The highest BCUT2D eigenvalue weighted by Gasteiger charge is 2.20. The molecule has 3 rings (SSSR count). The van der Waals surface area contributed by atoms with Gasteiger partial charge in [0.2, 0.25) is 0 Å². The topological polar surface area (TPSA) is 42.7 Å². The van der Waals surface area contributed by atoms with Crippen LogP contribution in [0, 0.1) is 13.8 Å². The lowest BCUT2D eigenvalue weighted by molar-refractivity contribution is 0.669. The third-order valence-corrected chi connectivity index (χ3v) is 3.95. The first-order valence-electron chi connectivity index (χ1n) is 7.43. The molecule has 1 aliphatic carbocycles. The molecule has 0 amide bonds. The van der Waals surface area contributed by atoms with Crippen LogP contribution >= 0.6 is 0 Å². The molecule has 0 unspecified atom stereocenters. The molecule has 4 heteroatoms. The molecular weight excluding hydrogens is 248 g/mol. The minimum Gasteiger partial charge on any atom is -0.308 e. The summed E-state index contributed by atoms with van der Waals surface area (Å²) >= 11 is 0. The normalized spacial score (nSPS) is 14.8. The lowest BCUT2D eigenvalue weighted by Gasteiger charge is -2.07. The van der Waals surface area contributed by atoms with E-state index in [9.17, 15) is 0 Å². The van der Waals surface area contributed by atoms with E-state index < -0.39 is 0 Å². The summed E-state index contributed by atoms with van der Waals surface area (Å²) in [6, 6.07) is 6.87. The first-order chi connectivity index (χ1) is 9.69. The SMILES string of the molecule is CCc1c(C)nn(-c2cccc(CNC3CC3)n2)c1C. The molecule has 0 aromatic carbocycles. The highest BCUT2D eigenvalue weighted by Crippen LogP contribution is 2.20. The Labute approximate surface area is 120 Å². The minimum atomic E-state index is 0.709. The van der Waals surface area contributed by atoms with Gasteiger partial charge in [0.05, 0.1) is 11.4 Å². The fourth-order valence-corrected chi connectivity index (χ4v) is 2.63. The lowest BCUT2D eigenvalue weighted by Crippen LogP contribution is -2.16. The third kappa shape index (κ3) is 2.61. The number of hydrogen-bond acceptors (Lipinski definition) is 3. The van der Waals surface area contributed by atoms with Crippen LogP contribution in [0.2, 0.25) is 0 Å². The number of pyridine rings is 1. The van der Waals surface area contributed by atoms with Crippen molar-refractivity contribution in [3.63, 3.8) is 0 Å². The highest BCUT2D eigenvalue weighted by atomic mass is 15.3. The number of aryl methyl sites for hydroxylation is 1. The zero-order valence-electron chi connectivity index (χ0n) is 12.5. The molecule has 1 saturated carbocycles. The van der Waals surface area contributed by atoms with E-state index in [0.29, 0.717) is 6.04 Å². The van der Waals surface area contributed by atoms with Gasteiger partial charge in [0.1, 0.15) is 0 Å². The number of rotatable bonds is 5. The summed E-state index contributed by atoms with van der Waals surface area (Å²) in [6.07, 6.45) is 3.62. The predicted molar refractivity (Wildman–Crippen MR) is 80.1 cm³/mol. The lowest BCUT2D eigenvalue weighted by atomic mass is 10.1. The summed E-state index contributed by atoms with van der Waals surface area (Å²) in [4.78, 5) is 4.73. The maximum atomic E-state index is 4.73. The smallest absolute Gasteiger partial charge is 0.153 e. The van der Waals surface area contributed by atoms with Crippen molar-refractivity contribution in [2.45, 2.75) is 52.6 Å². The average Bonchev–Trinajstić information content (AvgIpc) is 3.23. The van der Waals surface area contributed by atoms with Crippen molar-refractivity contribution in [2.24, 2.45) is 0 Å². The van der Waals surface area contributed by atoms with Gasteiger partial charge in [0.25, 0.3) is 0 Å². The van der Waals surface area contributed by atoms with Gasteiger partial charge < -0.3 is 5.32 Å². The molecule has 0 saturated heterocycles. The fourth-order valence-electron chi connectivity index (χ4n) is 2.63. The summed E-state index contributed by atoms with van der Waals surface area (Å²) in [6.45, 7) is 7.21. The van der Waals surface area contributed by atoms with Crippen LogP contribution in [-0.4, -0.2) is 20.8 Å². The van der Waals surface area contributed by atoms with Crippen molar-refractivity contribution in [1.82, 2.24) is 20.1 Å². The molecule has 1 aliphatic rings. The van der Waals surface area contributed by atoms with E-state index >= 15 is 0 Å². The zero-order chi connectivity index (χ0) is 14.1. The molecule has 20 heavy (non-hydrogen) atoms. The maximum Gasteiger partial charge on any atom is 0.153 e. The first-order valence-corrected chi connectivity index (χ1v) is 7.43. The van der Waals surface area contributed by atoms with Crippen LogP contribution in [0.25, 0.3) is 5.82 Å². The number of nitrogens with one attached hydrogen (secondary N) is 1. The van der Waals surface area contributed by atoms with Crippen molar-refractivity contribution in [2.75, 3.05) is 0 Å². The van der Waals surface area contributed by atoms with Crippen LogP contribution in [0.4, 0.5) is 0 Å². The molecule has 0 atom stereocenters. The van der Waals surface area contributed by atoms with Crippen molar-refractivity contribution in [3.05, 3.63) is 40.8 Å². The van der Waals surface area contributed by atoms with E-state index in [2.05, 4.69) is 43.3 Å². The van der Waals surface area contributed by atoms with Crippen molar-refractivity contribution < 1.29 is 0 Å². The molecule has 0 bridgehead atoms. The molecular formula is C16H22N4. The number of aromatic nitrogens is 3. The predicted octanol–water partition coefficient (Wildman–Crippen LogP) is 2.70. The molecule has 0 aliphatic heterocycles. The Hall–Kier alpha value is -1.68. The van der Waals surface area contributed by atoms with Gasteiger partial charge >= 0.3 is 0 Å². The quantitative estimate of drug-likeness (QED) is 0.908.